The van der Waals surface area contributed by atoms with E-state index in [1.54, 1.807) is 11.3 Å². The van der Waals surface area contributed by atoms with Crippen LogP contribution in [0.2, 0.25) is 0 Å². The summed E-state index contributed by atoms with van der Waals surface area (Å²) in [5.41, 5.74) is 3.73. The number of aromatic nitrogens is 3. The van der Waals surface area contributed by atoms with E-state index in [-0.39, 0.29) is 11.6 Å². The fourth-order valence-corrected chi connectivity index (χ4v) is 5.82. The van der Waals surface area contributed by atoms with Gasteiger partial charge in [-0.3, -0.25) is 4.79 Å². The van der Waals surface area contributed by atoms with Gasteiger partial charge >= 0.3 is 0 Å². The van der Waals surface area contributed by atoms with Crippen LogP contribution in [-0.2, 0) is 19.3 Å². The predicted octanol–water partition coefficient (Wildman–Crippen LogP) is 4.48. The molecule has 0 radical (unpaired) electrons. The van der Waals surface area contributed by atoms with E-state index in [1.165, 1.54) is 26.9 Å². The Bertz CT molecular complexity index is 1230. The number of thiophene rings is 1. The Labute approximate surface area is 173 Å². The minimum Gasteiger partial charge on any atom is -0.361 e. The van der Waals surface area contributed by atoms with Gasteiger partial charge in [-0.25, -0.2) is 4.98 Å². The summed E-state index contributed by atoms with van der Waals surface area (Å²) >= 11 is 1.71. The maximum atomic E-state index is 12.8. The fourth-order valence-electron chi connectivity index (χ4n) is 4.43. The van der Waals surface area contributed by atoms with E-state index in [9.17, 15) is 4.79 Å². The Morgan fingerprint density at radius 1 is 1.34 bits per heavy atom. The lowest BCUT2D eigenvalue weighted by molar-refractivity contribution is 0.509. The van der Waals surface area contributed by atoms with Gasteiger partial charge in [0.25, 0.3) is 5.56 Å². The molecule has 1 aromatic carbocycles. The Hall–Kier alpha value is -2.44. The van der Waals surface area contributed by atoms with Crippen molar-refractivity contribution in [2.75, 3.05) is 6.54 Å². The molecule has 1 aliphatic rings. The lowest BCUT2D eigenvalue weighted by atomic mass is 9.89. The average molecular weight is 407 g/mol. The van der Waals surface area contributed by atoms with Gasteiger partial charge in [-0.2, -0.15) is 0 Å². The van der Waals surface area contributed by atoms with Crippen LogP contribution in [0.1, 0.15) is 48.1 Å². The minimum absolute atomic E-state index is 0.00430. The summed E-state index contributed by atoms with van der Waals surface area (Å²) in [6.07, 6.45) is 6.24. The van der Waals surface area contributed by atoms with Crippen molar-refractivity contribution in [1.82, 2.24) is 20.3 Å². The first-order valence-electron chi connectivity index (χ1n) is 10.4. The SMILES string of the molecule is C[C@H]1CCc2c(sc3nc([C@H](C)NCCc4c[nH]c5ccccc45)[nH]c(=O)c23)C1. The van der Waals surface area contributed by atoms with Crippen LogP contribution in [0.3, 0.4) is 0 Å². The number of nitrogens with zero attached hydrogens (tertiary/aromatic N) is 1. The second kappa shape index (κ2) is 7.43. The van der Waals surface area contributed by atoms with Gasteiger partial charge < -0.3 is 15.3 Å². The van der Waals surface area contributed by atoms with Crippen molar-refractivity contribution in [3.05, 3.63) is 62.6 Å². The first-order chi connectivity index (χ1) is 14.1. The van der Waals surface area contributed by atoms with Gasteiger partial charge in [0.05, 0.1) is 11.4 Å². The summed E-state index contributed by atoms with van der Waals surface area (Å²) < 4.78 is 0. The number of H-pyrrole nitrogens is 2. The highest BCUT2D eigenvalue weighted by Gasteiger charge is 2.23. The quantitative estimate of drug-likeness (QED) is 0.457. The number of hydrogen-bond acceptors (Lipinski definition) is 4. The molecule has 150 valence electrons. The summed E-state index contributed by atoms with van der Waals surface area (Å²) in [6, 6.07) is 8.36. The van der Waals surface area contributed by atoms with Crippen molar-refractivity contribution in [3.63, 3.8) is 0 Å². The zero-order valence-corrected chi connectivity index (χ0v) is 17.7. The summed E-state index contributed by atoms with van der Waals surface area (Å²) in [5.74, 6) is 1.42. The highest BCUT2D eigenvalue weighted by Crippen LogP contribution is 2.35. The van der Waals surface area contributed by atoms with Gasteiger partial charge in [0.15, 0.2) is 0 Å². The number of aromatic amines is 2. The minimum atomic E-state index is -0.00430. The summed E-state index contributed by atoms with van der Waals surface area (Å²) in [7, 11) is 0. The molecule has 4 aromatic rings. The molecule has 3 aromatic heterocycles. The van der Waals surface area contributed by atoms with Crippen LogP contribution < -0.4 is 10.9 Å². The predicted molar refractivity (Wildman–Crippen MR) is 120 cm³/mol. The Morgan fingerprint density at radius 2 is 2.21 bits per heavy atom. The molecule has 0 aliphatic heterocycles. The van der Waals surface area contributed by atoms with Crippen LogP contribution in [-0.4, -0.2) is 21.5 Å². The molecule has 0 saturated heterocycles. The van der Waals surface area contributed by atoms with Crippen LogP contribution in [0.25, 0.3) is 21.1 Å². The van der Waals surface area contributed by atoms with E-state index < -0.39 is 0 Å². The third-order valence-corrected chi connectivity index (χ3v) is 7.26. The first-order valence-corrected chi connectivity index (χ1v) is 11.2. The van der Waals surface area contributed by atoms with Gasteiger partial charge in [-0.05, 0) is 62.3 Å². The molecule has 3 heterocycles. The molecule has 29 heavy (non-hydrogen) atoms. The number of para-hydroxylation sites is 1. The zero-order valence-electron chi connectivity index (χ0n) is 16.8. The molecular weight excluding hydrogens is 380 g/mol. The second-order valence-corrected chi connectivity index (χ2v) is 9.35. The summed E-state index contributed by atoms with van der Waals surface area (Å²) in [4.78, 5) is 26.3. The van der Waals surface area contributed by atoms with E-state index in [2.05, 4.69) is 53.5 Å². The monoisotopic (exact) mass is 406 g/mol. The Kier molecular flexibility index (Phi) is 4.76. The van der Waals surface area contributed by atoms with Gasteiger partial charge in [0, 0.05) is 22.0 Å². The lowest BCUT2D eigenvalue weighted by Gasteiger charge is -2.17. The molecule has 0 spiro atoms. The van der Waals surface area contributed by atoms with Gasteiger partial charge in [0.1, 0.15) is 10.7 Å². The molecule has 1 aliphatic carbocycles. The van der Waals surface area contributed by atoms with Crippen LogP contribution in [0.4, 0.5) is 0 Å². The van der Waals surface area contributed by atoms with Crippen LogP contribution in [0.15, 0.2) is 35.3 Å². The van der Waals surface area contributed by atoms with Gasteiger partial charge in [0.2, 0.25) is 0 Å². The molecule has 0 amide bonds. The molecule has 3 N–H and O–H groups in total. The normalized spacial score (nSPS) is 17.7. The number of rotatable bonds is 5. The van der Waals surface area contributed by atoms with E-state index >= 15 is 0 Å². The van der Waals surface area contributed by atoms with E-state index in [0.717, 1.165) is 48.3 Å². The maximum Gasteiger partial charge on any atom is 0.259 e. The molecule has 0 unspecified atom stereocenters. The summed E-state index contributed by atoms with van der Waals surface area (Å²) in [5, 5.41) is 5.62. The highest BCUT2D eigenvalue weighted by atomic mass is 32.1. The van der Waals surface area contributed by atoms with Crippen molar-refractivity contribution in [1.29, 1.82) is 0 Å². The number of benzene rings is 1. The van der Waals surface area contributed by atoms with Gasteiger partial charge in [-0.1, -0.05) is 25.1 Å². The van der Waals surface area contributed by atoms with E-state index in [4.69, 9.17) is 4.98 Å². The molecule has 0 bridgehead atoms. The third kappa shape index (κ3) is 3.40. The van der Waals surface area contributed by atoms with Crippen molar-refractivity contribution >= 4 is 32.5 Å². The molecule has 2 atom stereocenters. The molecule has 5 nitrogen and oxygen atoms in total. The second-order valence-electron chi connectivity index (χ2n) is 8.27. The van der Waals surface area contributed by atoms with Crippen molar-refractivity contribution in [3.8, 4) is 0 Å². The van der Waals surface area contributed by atoms with Crippen LogP contribution >= 0.6 is 11.3 Å². The fraction of sp³-hybridized carbons (Fsp3) is 0.391. The van der Waals surface area contributed by atoms with Crippen molar-refractivity contribution < 1.29 is 0 Å². The van der Waals surface area contributed by atoms with Crippen molar-refractivity contribution in [2.24, 2.45) is 5.92 Å². The lowest BCUT2D eigenvalue weighted by Crippen LogP contribution is -2.25. The van der Waals surface area contributed by atoms with E-state index in [1.807, 2.05) is 6.07 Å². The van der Waals surface area contributed by atoms with E-state index in [0.29, 0.717) is 5.92 Å². The number of hydrogen-bond donors (Lipinski definition) is 3. The van der Waals surface area contributed by atoms with Crippen LogP contribution in [0, 0.1) is 5.92 Å². The van der Waals surface area contributed by atoms with Crippen molar-refractivity contribution in [2.45, 2.75) is 45.6 Å². The maximum absolute atomic E-state index is 12.8. The molecular formula is C23H26N4OS. The Morgan fingerprint density at radius 3 is 3.10 bits per heavy atom. The molecule has 6 heteroatoms. The number of nitrogens with one attached hydrogen (secondary N) is 3. The Balaban J connectivity index is 1.33. The first kappa shape index (κ1) is 18.6. The standard InChI is InChI=1S/C23H26N4OS/c1-13-7-8-17-19(11-13)29-23-20(17)22(28)26-21(27-23)14(2)24-10-9-15-12-25-18-6-4-3-5-16(15)18/h3-6,12-14,24-25H,7-11H2,1-2H3,(H,26,27,28)/t13-,14-/m0/s1. The average Bonchev–Trinajstić information content (AvgIpc) is 3.28. The summed E-state index contributed by atoms with van der Waals surface area (Å²) in [6.45, 7) is 5.17. The zero-order chi connectivity index (χ0) is 20.0. The molecule has 0 saturated carbocycles. The third-order valence-electron chi connectivity index (χ3n) is 6.11. The largest absolute Gasteiger partial charge is 0.361 e. The molecule has 5 rings (SSSR count). The topological polar surface area (TPSA) is 73.6 Å². The number of aryl methyl sites for hydroxylation is 1. The van der Waals surface area contributed by atoms with Crippen LogP contribution in [0.5, 0.6) is 0 Å². The smallest absolute Gasteiger partial charge is 0.259 e. The highest BCUT2D eigenvalue weighted by molar-refractivity contribution is 7.18. The molecule has 0 fully saturated rings. The number of fused-ring (bicyclic) bond motifs is 4. The van der Waals surface area contributed by atoms with Gasteiger partial charge in [-0.15, -0.1) is 11.3 Å².